The summed E-state index contributed by atoms with van der Waals surface area (Å²) in [5.74, 6) is -0.545. The number of carboxylic acids is 1. The number of carbonyl (C=O) groups is 2. The predicted molar refractivity (Wildman–Crippen MR) is 122 cm³/mol. The number of para-hydroxylation sites is 1. The smallest absolute Gasteiger partial charge is 0.303 e. The van der Waals surface area contributed by atoms with Crippen molar-refractivity contribution < 1.29 is 32.6 Å². The highest BCUT2D eigenvalue weighted by molar-refractivity contribution is 7.92. The van der Waals surface area contributed by atoms with Crippen molar-refractivity contribution in [3.8, 4) is 11.5 Å². The van der Waals surface area contributed by atoms with Crippen LogP contribution in [0.3, 0.4) is 0 Å². The Balaban J connectivity index is 1.96. The van der Waals surface area contributed by atoms with Crippen molar-refractivity contribution in [1.82, 2.24) is 5.01 Å². The molecule has 0 saturated heterocycles. The number of amides is 1. The molecular formula is C22H25N3O7S. The fraction of sp³-hybridized carbons (Fsp3) is 0.318. The Labute approximate surface area is 191 Å². The van der Waals surface area contributed by atoms with Gasteiger partial charge in [-0.15, -0.1) is 0 Å². The molecule has 0 spiro atoms. The lowest BCUT2D eigenvalue weighted by Crippen LogP contribution is -2.27. The zero-order valence-corrected chi connectivity index (χ0v) is 19.3. The van der Waals surface area contributed by atoms with Crippen LogP contribution in [0.1, 0.15) is 36.4 Å². The molecule has 1 aliphatic rings. The number of ether oxygens (including phenoxy) is 2. The van der Waals surface area contributed by atoms with Crippen LogP contribution in [0.5, 0.6) is 11.5 Å². The molecule has 1 unspecified atom stereocenters. The van der Waals surface area contributed by atoms with Crippen LogP contribution in [-0.2, 0) is 19.6 Å². The maximum Gasteiger partial charge on any atom is 0.303 e. The van der Waals surface area contributed by atoms with E-state index >= 15 is 0 Å². The van der Waals surface area contributed by atoms with E-state index in [-0.39, 0.29) is 12.8 Å². The van der Waals surface area contributed by atoms with Gasteiger partial charge in [-0.2, -0.15) is 5.10 Å². The van der Waals surface area contributed by atoms with E-state index in [2.05, 4.69) is 9.82 Å². The van der Waals surface area contributed by atoms with Gasteiger partial charge < -0.3 is 14.6 Å². The minimum Gasteiger partial charge on any atom is -0.493 e. The zero-order valence-electron chi connectivity index (χ0n) is 18.4. The first-order chi connectivity index (χ1) is 15.6. The number of hydrogen-bond acceptors (Lipinski definition) is 7. The lowest BCUT2D eigenvalue weighted by Gasteiger charge is -2.24. The Bertz CT molecular complexity index is 1180. The monoisotopic (exact) mass is 475 g/mol. The largest absolute Gasteiger partial charge is 0.493 e. The second-order valence-electron chi connectivity index (χ2n) is 7.43. The van der Waals surface area contributed by atoms with Gasteiger partial charge in [-0.3, -0.25) is 14.3 Å². The summed E-state index contributed by atoms with van der Waals surface area (Å²) in [6.07, 6.45) is 0.899. The lowest BCUT2D eigenvalue weighted by molar-refractivity contribution is -0.141. The molecule has 1 atom stereocenters. The third kappa shape index (κ3) is 5.80. The summed E-state index contributed by atoms with van der Waals surface area (Å²) < 4.78 is 36.2. The minimum atomic E-state index is -3.41. The van der Waals surface area contributed by atoms with Gasteiger partial charge in [-0.1, -0.05) is 24.3 Å². The van der Waals surface area contributed by atoms with Gasteiger partial charge in [0.2, 0.25) is 15.9 Å². The van der Waals surface area contributed by atoms with Crippen molar-refractivity contribution >= 4 is 33.3 Å². The van der Waals surface area contributed by atoms with Gasteiger partial charge in [0.15, 0.2) is 11.5 Å². The molecule has 3 rings (SSSR count). The van der Waals surface area contributed by atoms with Crippen LogP contribution < -0.4 is 14.2 Å². The van der Waals surface area contributed by atoms with Crippen molar-refractivity contribution in [1.29, 1.82) is 0 Å². The van der Waals surface area contributed by atoms with E-state index in [1.165, 1.54) is 19.2 Å². The second kappa shape index (κ2) is 9.90. The van der Waals surface area contributed by atoms with Gasteiger partial charge in [-0.05, 0) is 23.8 Å². The number of hydrogen-bond donors (Lipinski definition) is 2. The molecule has 2 aromatic rings. The van der Waals surface area contributed by atoms with Crippen LogP contribution in [0, 0.1) is 0 Å². The third-order valence-electron chi connectivity index (χ3n) is 5.03. The van der Waals surface area contributed by atoms with Gasteiger partial charge in [-0.25, -0.2) is 13.4 Å². The third-order valence-corrected chi connectivity index (χ3v) is 5.64. The number of nitrogens with zero attached hydrogens (tertiary/aromatic N) is 2. The molecule has 2 N–H and O–H groups in total. The first-order valence-corrected chi connectivity index (χ1v) is 11.9. The van der Waals surface area contributed by atoms with Gasteiger partial charge >= 0.3 is 5.97 Å². The first-order valence-electron chi connectivity index (χ1n) is 10.0. The van der Waals surface area contributed by atoms with Crippen molar-refractivity contribution in [3.63, 3.8) is 0 Å². The molecule has 0 aliphatic carbocycles. The number of rotatable bonds is 9. The summed E-state index contributed by atoms with van der Waals surface area (Å²) in [6, 6.07) is 11.4. The molecule has 2 aromatic carbocycles. The molecule has 0 radical (unpaired) electrons. The summed E-state index contributed by atoms with van der Waals surface area (Å²) in [7, 11) is -0.392. The van der Waals surface area contributed by atoms with Crippen LogP contribution in [0.15, 0.2) is 47.6 Å². The Hall–Kier alpha value is -3.60. The highest BCUT2D eigenvalue weighted by Gasteiger charge is 2.35. The Morgan fingerprint density at radius 1 is 1.12 bits per heavy atom. The molecule has 33 heavy (non-hydrogen) atoms. The van der Waals surface area contributed by atoms with Gasteiger partial charge in [0, 0.05) is 24.1 Å². The van der Waals surface area contributed by atoms with Crippen LogP contribution in [0.4, 0.5) is 5.69 Å². The zero-order chi connectivity index (χ0) is 24.2. The fourth-order valence-corrected chi connectivity index (χ4v) is 4.17. The first kappa shape index (κ1) is 24.1. The average Bonchev–Trinajstić information content (AvgIpc) is 3.21. The number of benzene rings is 2. The molecule has 0 aromatic heterocycles. The summed E-state index contributed by atoms with van der Waals surface area (Å²) in [5, 5.41) is 14.8. The Kier molecular flexibility index (Phi) is 7.22. The van der Waals surface area contributed by atoms with E-state index < -0.39 is 27.9 Å². The van der Waals surface area contributed by atoms with Crippen molar-refractivity contribution in [2.24, 2.45) is 5.10 Å². The summed E-state index contributed by atoms with van der Waals surface area (Å²) >= 11 is 0. The van der Waals surface area contributed by atoms with Gasteiger partial charge in [0.05, 0.1) is 38.6 Å². The standard InChI is InChI=1S/C22H25N3O7S/c1-31-19-6-4-5-16(22(19)32-2)18-13-17(23-25(18)20(26)11-12-21(27)28)14-7-9-15(10-8-14)24-33(3,29)30/h4-10,18,24H,11-13H2,1-3H3,(H,27,28). The minimum absolute atomic E-state index is 0.202. The molecule has 1 amide bonds. The van der Waals surface area contributed by atoms with E-state index in [9.17, 15) is 18.0 Å². The number of methoxy groups -OCH3 is 2. The van der Waals surface area contributed by atoms with Crippen LogP contribution in [0.25, 0.3) is 0 Å². The SMILES string of the molecule is COc1cccc(C2CC(c3ccc(NS(C)(=O)=O)cc3)=NN2C(=O)CCC(=O)O)c1OC. The number of sulfonamides is 1. The van der Waals surface area contributed by atoms with E-state index in [0.29, 0.717) is 40.4 Å². The fourth-order valence-electron chi connectivity index (χ4n) is 3.60. The Morgan fingerprint density at radius 2 is 1.82 bits per heavy atom. The quantitative estimate of drug-likeness (QED) is 0.569. The van der Waals surface area contributed by atoms with Crippen molar-refractivity contribution in [2.75, 3.05) is 25.2 Å². The molecule has 10 nitrogen and oxygen atoms in total. The van der Waals surface area contributed by atoms with E-state index in [1.54, 1.807) is 42.5 Å². The van der Waals surface area contributed by atoms with Gasteiger partial charge in [0.1, 0.15) is 0 Å². The van der Waals surface area contributed by atoms with E-state index in [1.807, 2.05) is 0 Å². The predicted octanol–water partition coefficient (Wildman–Crippen LogP) is 2.62. The number of carbonyl (C=O) groups excluding carboxylic acids is 1. The summed E-state index contributed by atoms with van der Waals surface area (Å²) in [4.78, 5) is 23.9. The molecule has 0 bridgehead atoms. The maximum absolute atomic E-state index is 12.9. The average molecular weight is 476 g/mol. The normalized spacial score (nSPS) is 15.7. The molecule has 0 saturated carbocycles. The van der Waals surface area contributed by atoms with Gasteiger partial charge in [0.25, 0.3) is 0 Å². The van der Waals surface area contributed by atoms with E-state index in [4.69, 9.17) is 14.6 Å². The molecule has 0 fully saturated rings. The van der Waals surface area contributed by atoms with Crippen LogP contribution in [-0.4, -0.2) is 56.6 Å². The molecule has 11 heteroatoms. The highest BCUT2D eigenvalue weighted by atomic mass is 32.2. The summed E-state index contributed by atoms with van der Waals surface area (Å²) in [5.41, 5.74) is 2.38. The number of carboxylic acid groups (broad SMARTS) is 1. The topological polar surface area (TPSA) is 135 Å². The number of anilines is 1. The Morgan fingerprint density at radius 3 is 2.39 bits per heavy atom. The summed E-state index contributed by atoms with van der Waals surface area (Å²) in [6.45, 7) is 0. The molecule has 1 heterocycles. The van der Waals surface area contributed by atoms with Crippen molar-refractivity contribution in [2.45, 2.75) is 25.3 Å². The highest BCUT2D eigenvalue weighted by Crippen LogP contribution is 2.42. The lowest BCUT2D eigenvalue weighted by atomic mass is 9.97. The molecule has 176 valence electrons. The number of nitrogens with one attached hydrogen (secondary N) is 1. The van der Waals surface area contributed by atoms with E-state index in [0.717, 1.165) is 6.26 Å². The van der Waals surface area contributed by atoms with Crippen molar-refractivity contribution in [3.05, 3.63) is 53.6 Å². The molecule has 1 aliphatic heterocycles. The number of aliphatic carboxylic acids is 1. The molecular weight excluding hydrogens is 450 g/mol. The van der Waals surface area contributed by atoms with Crippen LogP contribution >= 0.6 is 0 Å². The van der Waals surface area contributed by atoms with Crippen LogP contribution in [0.2, 0.25) is 0 Å². The second-order valence-corrected chi connectivity index (χ2v) is 9.18. The maximum atomic E-state index is 12.9. The number of hydrazone groups is 1.